The van der Waals surface area contributed by atoms with Crippen LogP contribution in [0.15, 0.2) is 30.3 Å². The van der Waals surface area contributed by atoms with Crippen molar-refractivity contribution in [2.45, 2.75) is 44.8 Å². The number of nitrogens with zero attached hydrogens (tertiary/aromatic N) is 1. The standard InChI is InChI=1S/C16H20N2O2/c1-11-9-14(19)17-15(13-7-8-13)16(20)18(11)10-12-5-3-2-4-6-12/h2-6,11,13,15H,7-10H2,1H3,(H,17,19). The molecule has 20 heavy (non-hydrogen) atoms. The fraction of sp³-hybridized carbons (Fsp3) is 0.500. The smallest absolute Gasteiger partial charge is 0.245 e. The van der Waals surface area contributed by atoms with Crippen molar-refractivity contribution >= 4 is 11.8 Å². The molecule has 0 radical (unpaired) electrons. The van der Waals surface area contributed by atoms with Gasteiger partial charge in [0.05, 0.1) is 0 Å². The van der Waals surface area contributed by atoms with Gasteiger partial charge in [0.25, 0.3) is 0 Å². The van der Waals surface area contributed by atoms with Crippen LogP contribution in [0.2, 0.25) is 0 Å². The van der Waals surface area contributed by atoms with Crippen LogP contribution >= 0.6 is 0 Å². The summed E-state index contributed by atoms with van der Waals surface area (Å²) in [6, 6.07) is 9.60. The molecular weight excluding hydrogens is 252 g/mol. The molecule has 1 saturated carbocycles. The molecule has 1 aliphatic carbocycles. The molecule has 1 saturated heterocycles. The molecule has 0 spiro atoms. The van der Waals surface area contributed by atoms with Crippen molar-refractivity contribution in [3.05, 3.63) is 35.9 Å². The fourth-order valence-corrected chi connectivity index (χ4v) is 2.83. The third-order valence-electron chi connectivity index (χ3n) is 4.17. The lowest BCUT2D eigenvalue weighted by atomic mass is 10.1. The molecule has 1 aliphatic heterocycles. The highest BCUT2D eigenvalue weighted by atomic mass is 16.2. The Morgan fingerprint density at radius 2 is 1.90 bits per heavy atom. The monoisotopic (exact) mass is 272 g/mol. The Bertz CT molecular complexity index is 510. The van der Waals surface area contributed by atoms with Gasteiger partial charge in [0.1, 0.15) is 6.04 Å². The normalized spacial score (nSPS) is 27.1. The van der Waals surface area contributed by atoms with Crippen molar-refractivity contribution in [1.29, 1.82) is 0 Å². The second kappa shape index (κ2) is 5.27. The Balaban J connectivity index is 1.82. The molecule has 4 heteroatoms. The summed E-state index contributed by atoms with van der Waals surface area (Å²) in [5.74, 6) is 0.419. The van der Waals surface area contributed by atoms with Crippen LogP contribution in [0.3, 0.4) is 0 Å². The van der Waals surface area contributed by atoms with E-state index in [1.807, 2.05) is 42.2 Å². The van der Waals surface area contributed by atoms with Crippen LogP contribution in [0.1, 0.15) is 31.7 Å². The Morgan fingerprint density at radius 1 is 1.20 bits per heavy atom. The number of benzene rings is 1. The van der Waals surface area contributed by atoms with Gasteiger partial charge in [-0.15, -0.1) is 0 Å². The fourth-order valence-electron chi connectivity index (χ4n) is 2.83. The Hall–Kier alpha value is -1.84. The van der Waals surface area contributed by atoms with Gasteiger partial charge < -0.3 is 10.2 Å². The molecule has 0 bridgehead atoms. The lowest BCUT2D eigenvalue weighted by Crippen LogP contribution is -2.47. The first-order valence-electron chi connectivity index (χ1n) is 7.29. The molecule has 1 aromatic carbocycles. The molecule has 1 N–H and O–H groups in total. The van der Waals surface area contributed by atoms with E-state index in [1.54, 1.807) is 0 Å². The van der Waals surface area contributed by atoms with Crippen molar-refractivity contribution in [1.82, 2.24) is 10.2 Å². The third kappa shape index (κ3) is 2.69. The summed E-state index contributed by atoms with van der Waals surface area (Å²) in [6.07, 6.45) is 2.48. The molecule has 2 aliphatic rings. The minimum absolute atomic E-state index is 0.00156. The van der Waals surface area contributed by atoms with Gasteiger partial charge >= 0.3 is 0 Å². The summed E-state index contributed by atoms with van der Waals surface area (Å²) >= 11 is 0. The quantitative estimate of drug-likeness (QED) is 0.910. The number of hydrogen-bond acceptors (Lipinski definition) is 2. The van der Waals surface area contributed by atoms with Crippen molar-refractivity contribution in [2.75, 3.05) is 0 Å². The van der Waals surface area contributed by atoms with E-state index < -0.39 is 0 Å². The van der Waals surface area contributed by atoms with Crippen LogP contribution in [-0.2, 0) is 16.1 Å². The van der Waals surface area contributed by atoms with E-state index >= 15 is 0 Å². The average Bonchev–Trinajstić information content (AvgIpc) is 3.26. The Morgan fingerprint density at radius 3 is 2.55 bits per heavy atom. The molecule has 1 heterocycles. The molecule has 1 aromatic rings. The van der Waals surface area contributed by atoms with Crippen LogP contribution < -0.4 is 5.32 Å². The molecule has 2 atom stereocenters. The number of carbonyl (C=O) groups is 2. The van der Waals surface area contributed by atoms with Gasteiger partial charge in [0.2, 0.25) is 11.8 Å². The second-order valence-electron chi connectivity index (χ2n) is 5.89. The summed E-state index contributed by atoms with van der Waals surface area (Å²) in [4.78, 5) is 26.4. The lowest BCUT2D eigenvalue weighted by Gasteiger charge is -2.29. The first-order valence-corrected chi connectivity index (χ1v) is 7.29. The highest BCUT2D eigenvalue weighted by molar-refractivity contribution is 5.91. The molecule has 3 rings (SSSR count). The summed E-state index contributed by atoms with van der Waals surface area (Å²) < 4.78 is 0. The van der Waals surface area contributed by atoms with Crippen molar-refractivity contribution in [3.63, 3.8) is 0 Å². The minimum atomic E-state index is -0.309. The predicted octanol–water partition coefficient (Wildman–Crippen LogP) is 1.70. The number of rotatable bonds is 3. The number of nitrogens with one attached hydrogen (secondary N) is 1. The zero-order valence-electron chi connectivity index (χ0n) is 11.7. The van der Waals surface area contributed by atoms with E-state index in [-0.39, 0.29) is 23.9 Å². The maximum absolute atomic E-state index is 12.7. The Kier molecular flexibility index (Phi) is 3.47. The van der Waals surface area contributed by atoms with E-state index in [4.69, 9.17) is 0 Å². The average molecular weight is 272 g/mol. The highest BCUT2D eigenvalue weighted by Crippen LogP contribution is 2.35. The second-order valence-corrected chi connectivity index (χ2v) is 5.89. The van der Waals surface area contributed by atoms with Crippen molar-refractivity contribution < 1.29 is 9.59 Å². The van der Waals surface area contributed by atoms with Gasteiger partial charge in [0, 0.05) is 19.0 Å². The maximum Gasteiger partial charge on any atom is 0.245 e. The lowest BCUT2D eigenvalue weighted by molar-refractivity contribution is -0.136. The minimum Gasteiger partial charge on any atom is -0.344 e. The summed E-state index contributed by atoms with van der Waals surface area (Å²) in [6.45, 7) is 2.54. The van der Waals surface area contributed by atoms with Crippen LogP contribution in [0, 0.1) is 5.92 Å². The highest BCUT2D eigenvalue weighted by Gasteiger charge is 2.42. The van der Waals surface area contributed by atoms with E-state index in [9.17, 15) is 9.59 Å². The SMILES string of the molecule is CC1CC(=O)NC(C2CC2)C(=O)N1Cc1ccccc1. The van der Waals surface area contributed by atoms with Crippen LogP contribution in [0.25, 0.3) is 0 Å². The van der Waals surface area contributed by atoms with Gasteiger partial charge in [-0.2, -0.15) is 0 Å². The zero-order valence-corrected chi connectivity index (χ0v) is 11.7. The molecule has 0 aromatic heterocycles. The van der Waals surface area contributed by atoms with Crippen LogP contribution in [0.4, 0.5) is 0 Å². The van der Waals surface area contributed by atoms with Gasteiger partial charge in [-0.25, -0.2) is 0 Å². The van der Waals surface area contributed by atoms with Crippen LogP contribution in [0.5, 0.6) is 0 Å². The van der Waals surface area contributed by atoms with Crippen molar-refractivity contribution in [2.24, 2.45) is 5.92 Å². The zero-order chi connectivity index (χ0) is 14.1. The topological polar surface area (TPSA) is 49.4 Å². The summed E-state index contributed by atoms with van der Waals surface area (Å²) in [5.41, 5.74) is 1.11. The van der Waals surface area contributed by atoms with Gasteiger partial charge in [0.15, 0.2) is 0 Å². The van der Waals surface area contributed by atoms with Crippen LogP contribution in [-0.4, -0.2) is 28.8 Å². The van der Waals surface area contributed by atoms with E-state index in [1.165, 1.54) is 0 Å². The Labute approximate surface area is 119 Å². The summed E-state index contributed by atoms with van der Waals surface area (Å²) in [7, 11) is 0. The molecular formula is C16H20N2O2. The first-order chi connectivity index (χ1) is 9.65. The summed E-state index contributed by atoms with van der Waals surface area (Å²) in [5, 5.41) is 2.91. The molecule has 2 unspecified atom stereocenters. The predicted molar refractivity (Wildman–Crippen MR) is 75.7 cm³/mol. The molecule has 2 amide bonds. The molecule has 2 fully saturated rings. The first kappa shape index (κ1) is 13.2. The van der Waals surface area contributed by atoms with Crippen molar-refractivity contribution in [3.8, 4) is 0 Å². The number of amides is 2. The van der Waals surface area contributed by atoms with Gasteiger partial charge in [-0.05, 0) is 31.2 Å². The van der Waals surface area contributed by atoms with Gasteiger partial charge in [-0.3, -0.25) is 9.59 Å². The largest absolute Gasteiger partial charge is 0.344 e. The molecule has 106 valence electrons. The number of hydrogen-bond donors (Lipinski definition) is 1. The van der Waals surface area contributed by atoms with E-state index in [0.29, 0.717) is 18.9 Å². The molecule has 4 nitrogen and oxygen atoms in total. The van der Waals surface area contributed by atoms with E-state index in [0.717, 1.165) is 18.4 Å². The third-order valence-corrected chi connectivity index (χ3v) is 4.17. The maximum atomic E-state index is 12.7. The van der Waals surface area contributed by atoms with Gasteiger partial charge in [-0.1, -0.05) is 30.3 Å². The number of carbonyl (C=O) groups excluding carboxylic acids is 2. The van der Waals surface area contributed by atoms with E-state index in [2.05, 4.69) is 5.32 Å².